The van der Waals surface area contributed by atoms with Crippen LogP contribution in [0.4, 0.5) is 0 Å². The van der Waals surface area contributed by atoms with E-state index in [0.29, 0.717) is 25.6 Å². The van der Waals surface area contributed by atoms with Crippen molar-refractivity contribution in [3.8, 4) is 0 Å². The molecule has 60 valence electrons. The first-order chi connectivity index (χ1) is 5.39. The predicted molar refractivity (Wildman–Crippen MR) is 44.2 cm³/mol. The molecular formula is C9H12O2. The van der Waals surface area contributed by atoms with Crippen molar-refractivity contribution in [2.45, 2.75) is 0 Å². The Bertz CT molecular complexity index is 180. The Morgan fingerprint density at radius 2 is 2.18 bits per heavy atom. The minimum atomic E-state index is 0.580. The van der Waals surface area contributed by atoms with Gasteiger partial charge in [0.25, 0.3) is 0 Å². The summed E-state index contributed by atoms with van der Waals surface area (Å²) in [4.78, 5) is 0. The molecule has 0 unspecified atom stereocenters. The summed E-state index contributed by atoms with van der Waals surface area (Å²) in [5, 5.41) is 0. The predicted octanol–water partition coefficient (Wildman–Crippen LogP) is 1.66. The number of rotatable bonds is 0. The van der Waals surface area contributed by atoms with Crippen molar-refractivity contribution < 1.29 is 9.47 Å². The zero-order valence-electron chi connectivity index (χ0n) is 6.45. The second kappa shape index (κ2) is 4.74. The van der Waals surface area contributed by atoms with E-state index < -0.39 is 0 Å². The topological polar surface area (TPSA) is 18.5 Å². The molecule has 0 aromatic heterocycles. The summed E-state index contributed by atoms with van der Waals surface area (Å²) < 4.78 is 10.3. The van der Waals surface area contributed by atoms with Crippen molar-refractivity contribution in [2.75, 3.05) is 19.8 Å². The van der Waals surface area contributed by atoms with Crippen LogP contribution in [0.1, 0.15) is 0 Å². The van der Waals surface area contributed by atoms with E-state index in [2.05, 4.69) is 6.58 Å². The highest BCUT2D eigenvalue weighted by Crippen LogP contribution is 1.97. The van der Waals surface area contributed by atoms with Crippen LogP contribution in [0.15, 0.2) is 36.6 Å². The smallest absolute Gasteiger partial charge is 0.112 e. The maximum absolute atomic E-state index is 5.18. The number of hydrogen-bond acceptors (Lipinski definition) is 2. The fourth-order valence-electron chi connectivity index (χ4n) is 0.728. The number of ether oxygens (including phenoxy) is 2. The molecule has 0 amide bonds. The maximum atomic E-state index is 5.18. The van der Waals surface area contributed by atoms with E-state index >= 15 is 0 Å². The van der Waals surface area contributed by atoms with Crippen molar-refractivity contribution in [2.24, 2.45) is 0 Å². The van der Waals surface area contributed by atoms with Crippen molar-refractivity contribution in [3.05, 3.63) is 36.6 Å². The summed E-state index contributed by atoms with van der Waals surface area (Å²) in [6.45, 7) is 5.55. The Hall–Kier alpha value is -1.02. The van der Waals surface area contributed by atoms with E-state index in [1.165, 1.54) is 0 Å². The number of hydrogen-bond donors (Lipinski definition) is 0. The van der Waals surface area contributed by atoms with Gasteiger partial charge in [-0.3, -0.25) is 0 Å². The van der Waals surface area contributed by atoms with Gasteiger partial charge in [-0.15, -0.1) is 0 Å². The van der Waals surface area contributed by atoms with E-state index in [9.17, 15) is 0 Å². The highest BCUT2D eigenvalue weighted by atomic mass is 16.5. The fourth-order valence-corrected chi connectivity index (χ4v) is 0.728. The van der Waals surface area contributed by atoms with Crippen LogP contribution in [0.25, 0.3) is 0 Å². The first kappa shape index (κ1) is 8.08. The van der Waals surface area contributed by atoms with Gasteiger partial charge in [0.05, 0.1) is 13.2 Å². The molecule has 2 heteroatoms. The molecule has 0 bridgehead atoms. The fraction of sp³-hybridized carbons (Fsp3) is 0.333. The molecule has 0 atom stereocenters. The molecule has 0 aromatic rings. The van der Waals surface area contributed by atoms with Crippen molar-refractivity contribution in [1.82, 2.24) is 0 Å². The minimum absolute atomic E-state index is 0.580. The van der Waals surface area contributed by atoms with Crippen LogP contribution >= 0.6 is 0 Å². The third kappa shape index (κ3) is 3.63. The molecule has 1 aliphatic heterocycles. The zero-order chi connectivity index (χ0) is 7.94. The molecule has 1 aliphatic rings. The molecule has 11 heavy (non-hydrogen) atoms. The van der Waals surface area contributed by atoms with Gasteiger partial charge in [0.1, 0.15) is 12.4 Å². The van der Waals surface area contributed by atoms with Crippen LogP contribution < -0.4 is 0 Å². The molecule has 0 spiro atoms. The van der Waals surface area contributed by atoms with Gasteiger partial charge in [-0.05, 0) is 6.08 Å². The summed E-state index contributed by atoms with van der Waals surface area (Å²) in [7, 11) is 0. The summed E-state index contributed by atoms with van der Waals surface area (Å²) in [6, 6.07) is 0. The summed E-state index contributed by atoms with van der Waals surface area (Å²) in [6.07, 6.45) is 7.59. The molecule has 1 rings (SSSR count). The van der Waals surface area contributed by atoms with Gasteiger partial charge in [0.2, 0.25) is 0 Å². The van der Waals surface area contributed by atoms with Crippen molar-refractivity contribution in [3.63, 3.8) is 0 Å². The van der Waals surface area contributed by atoms with Crippen LogP contribution in [0.5, 0.6) is 0 Å². The Morgan fingerprint density at radius 3 is 3.09 bits per heavy atom. The third-order valence-electron chi connectivity index (χ3n) is 1.26. The van der Waals surface area contributed by atoms with Gasteiger partial charge >= 0.3 is 0 Å². The van der Waals surface area contributed by atoms with E-state index in [-0.39, 0.29) is 0 Å². The Morgan fingerprint density at radius 1 is 1.27 bits per heavy atom. The van der Waals surface area contributed by atoms with Gasteiger partial charge in [-0.25, -0.2) is 0 Å². The van der Waals surface area contributed by atoms with Gasteiger partial charge in [0.15, 0.2) is 0 Å². The normalized spacial score (nSPS) is 25.3. The Labute approximate surface area is 66.8 Å². The summed E-state index contributed by atoms with van der Waals surface area (Å²) in [5.74, 6) is 0.681. The van der Waals surface area contributed by atoms with Crippen LogP contribution in [-0.2, 0) is 9.47 Å². The molecule has 0 aromatic carbocycles. The van der Waals surface area contributed by atoms with Gasteiger partial charge in [0, 0.05) is 0 Å². The lowest BCUT2D eigenvalue weighted by atomic mass is 10.4. The Balaban J connectivity index is 2.44. The molecule has 2 nitrogen and oxygen atoms in total. The second-order valence-electron chi connectivity index (χ2n) is 2.18. The van der Waals surface area contributed by atoms with E-state index in [1.807, 2.05) is 24.3 Å². The highest BCUT2D eigenvalue weighted by molar-refractivity contribution is 5.14. The van der Waals surface area contributed by atoms with Gasteiger partial charge in [-0.2, -0.15) is 0 Å². The molecule has 0 radical (unpaired) electrons. The maximum Gasteiger partial charge on any atom is 0.112 e. The monoisotopic (exact) mass is 152 g/mol. The summed E-state index contributed by atoms with van der Waals surface area (Å²) in [5.41, 5.74) is 0. The lowest BCUT2D eigenvalue weighted by molar-refractivity contribution is 0.0951. The van der Waals surface area contributed by atoms with E-state index in [0.717, 1.165) is 0 Å². The SMILES string of the molecule is C=C1/C=C\C=C/COCCO1. The van der Waals surface area contributed by atoms with Crippen LogP contribution in [0, 0.1) is 0 Å². The lowest BCUT2D eigenvalue weighted by Crippen LogP contribution is -2.03. The molecule has 0 N–H and O–H groups in total. The van der Waals surface area contributed by atoms with Crippen LogP contribution in [-0.4, -0.2) is 19.8 Å². The Kier molecular flexibility index (Phi) is 3.48. The van der Waals surface area contributed by atoms with Gasteiger partial charge < -0.3 is 9.47 Å². The van der Waals surface area contributed by atoms with E-state index in [4.69, 9.17) is 9.47 Å². The third-order valence-corrected chi connectivity index (χ3v) is 1.26. The first-order valence-corrected chi connectivity index (χ1v) is 3.62. The quantitative estimate of drug-likeness (QED) is 0.525. The molecule has 0 aliphatic carbocycles. The number of allylic oxidation sites excluding steroid dienone is 3. The molecule has 0 saturated heterocycles. The molecular weight excluding hydrogens is 140 g/mol. The largest absolute Gasteiger partial charge is 0.492 e. The lowest BCUT2D eigenvalue weighted by Gasteiger charge is -2.06. The van der Waals surface area contributed by atoms with Gasteiger partial charge in [-0.1, -0.05) is 24.8 Å². The van der Waals surface area contributed by atoms with Crippen molar-refractivity contribution in [1.29, 1.82) is 0 Å². The molecule has 0 fully saturated rings. The van der Waals surface area contributed by atoms with Crippen LogP contribution in [0.3, 0.4) is 0 Å². The standard InChI is InChI=1S/C9H12O2/c1-9-5-3-2-4-6-10-7-8-11-9/h2-5H,1,6-8H2/b4-2-,5-3-. The highest BCUT2D eigenvalue weighted by Gasteiger charge is 1.90. The molecule has 1 heterocycles. The summed E-state index contributed by atoms with van der Waals surface area (Å²) >= 11 is 0. The average Bonchev–Trinajstić information content (AvgIpc) is 2.03. The second-order valence-corrected chi connectivity index (χ2v) is 2.18. The first-order valence-electron chi connectivity index (χ1n) is 3.62. The minimum Gasteiger partial charge on any atom is -0.492 e. The zero-order valence-corrected chi connectivity index (χ0v) is 6.45. The van der Waals surface area contributed by atoms with Crippen LogP contribution in [0.2, 0.25) is 0 Å². The van der Waals surface area contributed by atoms with E-state index in [1.54, 1.807) is 0 Å². The molecule has 0 saturated carbocycles. The van der Waals surface area contributed by atoms with Crippen molar-refractivity contribution >= 4 is 0 Å². The average molecular weight is 152 g/mol.